The Morgan fingerprint density at radius 1 is 1.23 bits per heavy atom. The van der Waals surface area contributed by atoms with Crippen LogP contribution >= 0.6 is 39.9 Å². The van der Waals surface area contributed by atoms with Crippen molar-refractivity contribution in [2.24, 2.45) is 4.99 Å². The molecule has 0 bridgehead atoms. The van der Waals surface area contributed by atoms with Crippen LogP contribution in [0.5, 0.6) is 0 Å². The number of nitrogens with zero attached hydrogens (tertiary/aromatic N) is 2. The van der Waals surface area contributed by atoms with Gasteiger partial charge in [-0.15, -0.1) is 24.0 Å². The van der Waals surface area contributed by atoms with E-state index in [1.807, 2.05) is 19.2 Å². The fraction of sp³-hybridized carbons (Fsp3) is 0.562. The number of halogens is 2. The monoisotopic (exact) mass is 480 g/mol. The van der Waals surface area contributed by atoms with Crippen molar-refractivity contribution in [3.63, 3.8) is 0 Å². The Morgan fingerprint density at radius 3 is 2.68 bits per heavy atom. The second kappa shape index (κ2) is 11.2. The lowest BCUT2D eigenvalue weighted by molar-refractivity contribution is 0.232. The summed E-state index contributed by atoms with van der Waals surface area (Å²) < 4.78 is 1.11. The van der Waals surface area contributed by atoms with Gasteiger partial charge in [0.15, 0.2) is 5.96 Å². The third-order valence-corrected chi connectivity index (χ3v) is 4.24. The van der Waals surface area contributed by atoms with Gasteiger partial charge in [-0.1, -0.05) is 34.5 Å². The average Bonchev–Trinajstić information content (AvgIpc) is 2.52. The number of benzene rings is 1. The first-order chi connectivity index (χ1) is 10.3. The van der Waals surface area contributed by atoms with E-state index in [0.29, 0.717) is 0 Å². The Labute approximate surface area is 159 Å². The molecule has 1 aromatic carbocycles. The molecule has 0 saturated carbocycles. The van der Waals surface area contributed by atoms with E-state index in [2.05, 4.69) is 48.6 Å². The van der Waals surface area contributed by atoms with E-state index in [-0.39, 0.29) is 24.0 Å². The summed E-state index contributed by atoms with van der Waals surface area (Å²) in [6.45, 7) is 5.30. The van der Waals surface area contributed by atoms with E-state index in [4.69, 9.17) is 0 Å². The summed E-state index contributed by atoms with van der Waals surface area (Å²) in [5.41, 5.74) is 1.24. The fourth-order valence-corrected chi connectivity index (χ4v) is 3.02. The summed E-state index contributed by atoms with van der Waals surface area (Å²) in [5, 5.41) is 6.74. The topological polar surface area (TPSA) is 39.7 Å². The minimum atomic E-state index is 0. The molecule has 1 fully saturated rings. The van der Waals surface area contributed by atoms with Gasteiger partial charge in [-0.2, -0.15) is 0 Å². The summed E-state index contributed by atoms with van der Waals surface area (Å²) in [5.74, 6) is 0.868. The number of guanidine groups is 1. The van der Waals surface area contributed by atoms with Gasteiger partial charge in [0.2, 0.25) is 0 Å². The highest BCUT2D eigenvalue weighted by Crippen LogP contribution is 2.11. The zero-order valence-corrected chi connectivity index (χ0v) is 17.1. The van der Waals surface area contributed by atoms with Crippen LogP contribution in [-0.4, -0.2) is 44.1 Å². The highest BCUT2D eigenvalue weighted by atomic mass is 127. The smallest absolute Gasteiger partial charge is 0.191 e. The second-order valence-electron chi connectivity index (χ2n) is 5.38. The van der Waals surface area contributed by atoms with Crippen molar-refractivity contribution >= 4 is 45.9 Å². The van der Waals surface area contributed by atoms with E-state index < -0.39 is 0 Å². The standard InChI is InChI=1S/C16H25BrN4.HI/c1-18-16(19-8-11-21-9-3-2-4-10-21)20-13-14-6-5-7-15(17)12-14;/h5-7,12H,2-4,8-11,13H2,1H3,(H2,18,19,20);1H. The van der Waals surface area contributed by atoms with E-state index >= 15 is 0 Å². The number of nitrogens with one attached hydrogen (secondary N) is 2. The molecule has 0 atom stereocenters. The molecule has 22 heavy (non-hydrogen) atoms. The van der Waals surface area contributed by atoms with Crippen LogP contribution in [0.25, 0.3) is 0 Å². The summed E-state index contributed by atoms with van der Waals surface area (Å²) in [7, 11) is 1.82. The van der Waals surface area contributed by atoms with Crippen molar-refractivity contribution in [3.05, 3.63) is 34.3 Å². The molecule has 0 amide bonds. The van der Waals surface area contributed by atoms with Crippen molar-refractivity contribution in [3.8, 4) is 0 Å². The summed E-state index contributed by atoms with van der Waals surface area (Å²) in [6, 6.07) is 8.32. The van der Waals surface area contributed by atoms with Crippen molar-refractivity contribution in [1.29, 1.82) is 0 Å². The molecule has 0 aliphatic carbocycles. The van der Waals surface area contributed by atoms with Crippen LogP contribution in [0.1, 0.15) is 24.8 Å². The number of hydrogen-bond acceptors (Lipinski definition) is 2. The molecule has 1 aliphatic heterocycles. The lowest BCUT2D eigenvalue weighted by Gasteiger charge is -2.26. The molecule has 0 aromatic heterocycles. The van der Waals surface area contributed by atoms with Crippen molar-refractivity contribution < 1.29 is 0 Å². The van der Waals surface area contributed by atoms with Gasteiger partial charge in [0.25, 0.3) is 0 Å². The maximum Gasteiger partial charge on any atom is 0.191 e. The maximum absolute atomic E-state index is 4.27. The van der Waals surface area contributed by atoms with Crippen molar-refractivity contribution in [1.82, 2.24) is 15.5 Å². The lowest BCUT2D eigenvalue weighted by atomic mass is 10.1. The molecule has 0 radical (unpaired) electrons. The van der Waals surface area contributed by atoms with E-state index in [9.17, 15) is 0 Å². The first kappa shape index (κ1) is 19.7. The minimum absolute atomic E-state index is 0. The molecule has 4 nitrogen and oxygen atoms in total. The molecule has 0 spiro atoms. The third kappa shape index (κ3) is 7.28. The van der Waals surface area contributed by atoms with Gasteiger partial charge in [0.1, 0.15) is 0 Å². The number of hydrogen-bond donors (Lipinski definition) is 2. The highest BCUT2D eigenvalue weighted by molar-refractivity contribution is 14.0. The van der Waals surface area contributed by atoms with E-state index in [1.165, 1.54) is 37.9 Å². The lowest BCUT2D eigenvalue weighted by Crippen LogP contribution is -2.42. The van der Waals surface area contributed by atoms with E-state index in [0.717, 1.165) is 30.1 Å². The Bertz CT molecular complexity index is 461. The average molecular weight is 481 g/mol. The molecule has 124 valence electrons. The predicted molar refractivity (Wildman–Crippen MR) is 108 cm³/mol. The van der Waals surface area contributed by atoms with Gasteiger partial charge >= 0.3 is 0 Å². The molecule has 1 aromatic rings. The number of likely N-dealkylation sites (tertiary alicyclic amines) is 1. The van der Waals surface area contributed by atoms with Crippen LogP contribution in [0.2, 0.25) is 0 Å². The van der Waals surface area contributed by atoms with Crippen molar-refractivity contribution in [2.45, 2.75) is 25.8 Å². The van der Waals surface area contributed by atoms with Crippen molar-refractivity contribution in [2.75, 3.05) is 33.2 Å². The van der Waals surface area contributed by atoms with Gasteiger partial charge in [-0.3, -0.25) is 4.99 Å². The third-order valence-electron chi connectivity index (χ3n) is 3.74. The molecule has 2 N–H and O–H groups in total. The molecule has 2 rings (SSSR count). The summed E-state index contributed by atoms with van der Waals surface area (Å²) in [4.78, 5) is 6.80. The number of rotatable bonds is 5. The predicted octanol–water partition coefficient (Wildman–Crippen LogP) is 3.22. The number of piperidine rings is 1. The van der Waals surface area contributed by atoms with Crippen LogP contribution in [0.4, 0.5) is 0 Å². The van der Waals surface area contributed by atoms with Gasteiger partial charge in [0.05, 0.1) is 0 Å². The largest absolute Gasteiger partial charge is 0.355 e. The highest BCUT2D eigenvalue weighted by Gasteiger charge is 2.09. The van der Waals surface area contributed by atoms with E-state index in [1.54, 1.807) is 0 Å². The Hall–Kier alpha value is -0.340. The molecule has 1 aliphatic rings. The molecular weight excluding hydrogens is 455 g/mol. The SMILES string of the molecule is CN=C(NCCN1CCCCC1)NCc1cccc(Br)c1.I. The molecule has 6 heteroatoms. The van der Waals surface area contributed by atoms with Crippen LogP contribution in [0, 0.1) is 0 Å². The minimum Gasteiger partial charge on any atom is -0.355 e. The Kier molecular flexibility index (Phi) is 10.1. The normalized spacial score (nSPS) is 16.0. The molecule has 1 heterocycles. The van der Waals surface area contributed by atoms with Gasteiger partial charge in [-0.25, -0.2) is 0 Å². The van der Waals surface area contributed by atoms with Gasteiger partial charge in [-0.05, 0) is 43.6 Å². The fourth-order valence-electron chi connectivity index (χ4n) is 2.57. The van der Waals surface area contributed by atoms with Gasteiger partial charge < -0.3 is 15.5 Å². The number of aliphatic imine (C=N–C) groups is 1. The van der Waals surface area contributed by atoms with Crippen LogP contribution in [0.15, 0.2) is 33.7 Å². The molecule has 1 saturated heterocycles. The van der Waals surface area contributed by atoms with Crippen LogP contribution in [0.3, 0.4) is 0 Å². The molecular formula is C16H26BrIN4. The maximum atomic E-state index is 4.27. The van der Waals surface area contributed by atoms with Crippen LogP contribution < -0.4 is 10.6 Å². The van der Waals surface area contributed by atoms with Gasteiger partial charge in [0, 0.05) is 31.2 Å². The first-order valence-corrected chi connectivity index (χ1v) is 8.48. The second-order valence-corrected chi connectivity index (χ2v) is 6.30. The zero-order chi connectivity index (χ0) is 14.9. The van der Waals surface area contributed by atoms with Crippen LogP contribution in [-0.2, 0) is 6.54 Å². The first-order valence-electron chi connectivity index (χ1n) is 7.69. The summed E-state index contributed by atoms with van der Waals surface area (Å²) >= 11 is 3.49. The summed E-state index contributed by atoms with van der Waals surface area (Å²) in [6.07, 6.45) is 4.07. The quantitative estimate of drug-likeness (QED) is 0.386. The zero-order valence-electron chi connectivity index (χ0n) is 13.1. The Morgan fingerprint density at radius 2 is 2.00 bits per heavy atom. The molecule has 0 unspecified atom stereocenters. The Balaban J connectivity index is 0.00000242.